The van der Waals surface area contributed by atoms with Crippen molar-refractivity contribution in [1.29, 1.82) is 0 Å². The van der Waals surface area contributed by atoms with Crippen molar-refractivity contribution in [2.45, 2.75) is 23.8 Å². The van der Waals surface area contributed by atoms with Gasteiger partial charge in [-0.15, -0.1) is 0 Å². The van der Waals surface area contributed by atoms with Crippen molar-refractivity contribution in [3.63, 3.8) is 0 Å². The highest BCUT2D eigenvalue weighted by molar-refractivity contribution is 7.93. The number of benzene rings is 4. The van der Waals surface area contributed by atoms with Crippen LogP contribution in [-0.4, -0.2) is 51.7 Å². The average molecular weight is 605 g/mol. The van der Waals surface area contributed by atoms with Gasteiger partial charge in [-0.2, -0.15) is 0 Å². The molecule has 0 bridgehead atoms. The minimum absolute atomic E-state index is 0.00140. The molecule has 4 aromatic rings. The van der Waals surface area contributed by atoms with E-state index in [1.165, 1.54) is 31.4 Å². The lowest BCUT2D eigenvalue weighted by Gasteiger charge is -2.26. The second kappa shape index (κ2) is 12.5. The first-order valence-electron chi connectivity index (χ1n) is 13.4. The number of carbonyl (C=O) groups excluding carboxylic acids is 1. The lowest BCUT2D eigenvalue weighted by molar-refractivity contribution is -0.136. The molecule has 1 heterocycles. The van der Waals surface area contributed by atoms with Crippen molar-refractivity contribution in [1.82, 2.24) is 5.32 Å². The maximum absolute atomic E-state index is 13.9. The quantitative estimate of drug-likeness (QED) is 0.243. The van der Waals surface area contributed by atoms with Crippen LogP contribution in [0.25, 0.3) is 11.1 Å². The van der Waals surface area contributed by atoms with E-state index >= 15 is 0 Å². The van der Waals surface area contributed by atoms with Crippen molar-refractivity contribution < 1.29 is 37.0 Å². The molecule has 1 amide bonds. The fraction of sp³-hybridized carbons (Fsp3) is 0.188. The fourth-order valence-corrected chi connectivity index (χ4v) is 6.67. The molecule has 0 radical (unpaired) electrons. The predicted octanol–water partition coefficient (Wildman–Crippen LogP) is 4.44. The van der Waals surface area contributed by atoms with Crippen LogP contribution in [0.4, 0.5) is 10.1 Å². The van der Waals surface area contributed by atoms with E-state index in [0.29, 0.717) is 33.9 Å². The fourth-order valence-electron chi connectivity index (χ4n) is 5.02. The maximum atomic E-state index is 13.9. The number of amides is 1. The zero-order chi connectivity index (χ0) is 30.6. The largest absolute Gasteiger partial charge is 0.496 e. The van der Waals surface area contributed by atoms with Gasteiger partial charge in [0.25, 0.3) is 10.0 Å². The molecule has 0 unspecified atom stereocenters. The van der Waals surface area contributed by atoms with Gasteiger partial charge < -0.3 is 19.9 Å². The summed E-state index contributed by atoms with van der Waals surface area (Å²) < 4.78 is 53.7. The number of hydrogen-bond acceptors (Lipinski definition) is 6. The molecule has 0 saturated carbocycles. The minimum Gasteiger partial charge on any atom is -0.496 e. The molecular weight excluding hydrogens is 575 g/mol. The molecule has 1 aliphatic rings. The number of nitrogens with one attached hydrogen (secondary N) is 1. The first-order chi connectivity index (χ1) is 20.7. The molecule has 9 nitrogen and oxygen atoms in total. The number of carboxylic acid groups (broad SMARTS) is 1. The van der Waals surface area contributed by atoms with Crippen LogP contribution in [0, 0.1) is 5.82 Å². The van der Waals surface area contributed by atoms with E-state index in [-0.39, 0.29) is 30.9 Å². The summed E-state index contributed by atoms with van der Waals surface area (Å²) in [7, 11) is -2.71. The van der Waals surface area contributed by atoms with Crippen LogP contribution >= 0.6 is 0 Å². The van der Waals surface area contributed by atoms with Crippen LogP contribution in [0.3, 0.4) is 0 Å². The molecule has 2 N–H and O–H groups in total. The van der Waals surface area contributed by atoms with Gasteiger partial charge in [0.1, 0.15) is 30.0 Å². The van der Waals surface area contributed by atoms with Crippen LogP contribution in [0.2, 0.25) is 0 Å². The maximum Gasteiger partial charge on any atom is 0.307 e. The number of para-hydroxylation sites is 1. The number of aliphatic carboxylic acids is 1. The summed E-state index contributed by atoms with van der Waals surface area (Å²) in [5, 5.41) is 11.7. The molecule has 0 saturated heterocycles. The summed E-state index contributed by atoms with van der Waals surface area (Å²) in [5.74, 6) is -1.00. The highest BCUT2D eigenvalue weighted by Gasteiger charge is 2.42. The van der Waals surface area contributed by atoms with E-state index in [0.717, 1.165) is 9.87 Å². The standard InChI is InChI=1S/C32H29FN2O7S/c1-41-30-20-24(33)10-15-27(30)22-8-13-26(14-9-22)43(39,40)35-28-5-3-2-4-23(28)19-29(35)32(38)34-16-17-42-25-11-6-21(7-12-25)18-31(36)37/h2-15,20,29H,16-19H2,1H3,(H,34,38)(H,36,37)/t29-/m0/s1. The number of hydrogen-bond donors (Lipinski definition) is 2. The van der Waals surface area contributed by atoms with Crippen molar-refractivity contribution in [2.75, 3.05) is 24.6 Å². The second-order valence-corrected chi connectivity index (χ2v) is 11.7. The van der Waals surface area contributed by atoms with Crippen molar-refractivity contribution in [3.8, 4) is 22.6 Å². The van der Waals surface area contributed by atoms with Gasteiger partial charge in [-0.3, -0.25) is 13.9 Å². The summed E-state index contributed by atoms with van der Waals surface area (Å²) >= 11 is 0. The normalized spacial score (nSPS) is 14.2. The second-order valence-electron chi connectivity index (χ2n) is 9.87. The SMILES string of the molecule is COc1cc(F)ccc1-c1ccc(S(=O)(=O)N2c3ccccc3C[C@H]2C(=O)NCCOc2ccc(CC(=O)O)cc2)cc1. The Labute approximate surface area is 248 Å². The van der Waals surface area contributed by atoms with Gasteiger partial charge in [-0.25, -0.2) is 12.8 Å². The van der Waals surface area contributed by atoms with Crippen molar-refractivity contribution in [3.05, 3.63) is 108 Å². The smallest absolute Gasteiger partial charge is 0.307 e. The van der Waals surface area contributed by atoms with E-state index in [1.807, 2.05) is 0 Å². The summed E-state index contributed by atoms with van der Waals surface area (Å²) in [6, 6.07) is 22.9. The lowest BCUT2D eigenvalue weighted by Crippen LogP contribution is -2.48. The summed E-state index contributed by atoms with van der Waals surface area (Å²) in [5.41, 5.74) is 3.06. The zero-order valence-corrected chi connectivity index (χ0v) is 24.0. The molecule has 222 valence electrons. The number of rotatable bonds is 11. The number of methoxy groups -OCH3 is 1. The predicted molar refractivity (Wildman–Crippen MR) is 158 cm³/mol. The Morgan fingerprint density at radius 2 is 1.72 bits per heavy atom. The van der Waals surface area contributed by atoms with Gasteiger partial charge in [-0.1, -0.05) is 42.5 Å². The van der Waals surface area contributed by atoms with Gasteiger partial charge in [0.15, 0.2) is 0 Å². The highest BCUT2D eigenvalue weighted by atomic mass is 32.2. The third kappa shape index (κ3) is 6.46. The summed E-state index contributed by atoms with van der Waals surface area (Å²) in [6.45, 7) is 0.259. The van der Waals surface area contributed by atoms with Crippen LogP contribution < -0.4 is 19.1 Å². The van der Waals surface area contributed by atoms with Crippen LogP contribution in [0.5, 0.6) is 11.5 Å². The van der Waals surface area contributed by atoms with E-state index in [1.54, 1.807) is 66.7 Å². The molecule has 5 rings (SSSR count). The Hall–Kier alpha value is -4.90. The Morgan fingerprint density at radius 3 is 2.42 bits per heavy atom. The number of sulfonamides is 1. The summed E-state index contributed by atoms with van der Waals surface area (Å²) in [6.07, 6.45) is 0.116. The number of halogens is 1. The topological polar surface area (TPSA) is 122 Å². The van der Waals surface area contributed by atoms with Gasteiger partial charge in [0.2, 0.25) is 5.91 Å². The molecule has 1 aliphatic heterocycles. The molecule has 0 fully saturated rings. The van der Waals surface area contributed by atoms with Crippen LogP contribution in [-0.2, 0) is 32.5 Å². The summed E-state index contributed by atoms with van der Waals surface area (Å²) in [4.78, 5) is 24.2. The molecule has 0 aromatic heterocycles. The van der Waals surface area contributed by atoms with Crippen LogP contribution in [0.1, 0.15) is 11.1 Å². The Bertz CT molecular complexity index is 1740. The number of carboxylic acids is 1. The zero-order valence-electron chi connectivity index (χ0n) is 23.2. The lowest BCUT2D eigenvalue weighted by atomic mass is 10.0. The molecule has 43 heavy (non-hydrogen) atoms. The Kier molecular flexibility index (Phi) is 8.63. The Morgan fingerprint density at radius 1 is 1.00 bits per heavy atom. The van der Waals surface area contributed by atoms with Gasteiger partial charge in [0.05, 0.1) is 30.7 Å². The molecule has 1 atom stereocenters. The van der Waals surface area contributed by atoms with E-state index < -0.39 is 33.8 Å². The molecular formula is C32H29FN2O7S. The van der Waals surface area contributed by atoms with Gasteiger partial charge in [-0.05, 0) is 59.2 Å². The Balaban J connectivity index is 1.30. The number of nitrogens with zero attached hydrogens (tertiary/aromatic N) is 1. The van der Waals surface area contributed by atoms with E-state index in [4.69, 9.17) is 14.6 Å². The third-order valence-corrected chi connectivity index (χ3v) is 8.90. The van der Waals surface area contributed by atoms with Crippen molar-refractivity contribution >= 4 is 27.6 Å². The number of ether oxygens (including phenoxy) is 2. The van der Waals surface area contributed by atoms with Crippen molar-refractivity contribution in [2.24, 2.45) is 0 Å². The number of anilines is 1. The molecule has 4 aromatic carbocycles. The first kappa shape index (κ1) is 29.6. The number of fused-ring (bicyclic) bond motifs is 1. The van der Waals surface area contributed by atoms with Gasteiger partial charge in [0, 0.05) is 18.1 Å². The molecule has 0 aliphatic carbocycles. The molecule has 11 heteroatoms. The minimum atomic E-state index is -4.15. The van der Waals surface area contributed by atoms with E-state index in [9.17, 15) is 22.4 Å². The molecule has 0 spiro atoms. The van der Waals surface area contributed by atoms with E-state index in [2.05, 4.69) is 5.32 Å². The highest BCUT2D eigenvalue weighted by Crippen LogP contribution is 2.38. The average Bonchev–Trinajstić information content (AvgIpc) is 3.40. The number of carbonyl (C=O) groups is 2. The third-order valence-electron chi connectivity index (χ3n) is 7.06. The van der Waals surface area contributed by atoms with Crippen LogP contribution in [0.15, 0.2) is 95.9 Å². The first-order valence-corrected chi connectivity index (χ1v) is 14.9. The van der Waals surface area contributed by atoms with Gasteiger partial charge >= 0.3 is 5.97 Å². The monoisotopic (exact) mass is 604 g/mol.